The topological polar surface area (TPSA) is 38.3 Å². The normalized spacial score (nSPS) is 12.0. The van der Waals surface area contributed by atoms with E-state index in [-0.39, 0.29) is 12.0 Å². The van der Waals surface area contributed by atoms with Crippen molar-refractivity contribution >= 4 is 11.7 Å². The predicted molar refractivity (Wildman–Crippen MR) is 65.6 cm³/mol. The van der Waals surface area contributed by atoms with Gasteiger partial charge in [-0.2, -0.15) is 0 Å². The van der Waals surface area contributed by atoms with E-state index in [2.05, 4.69) is 42.1 Å². The number of methoxy groups -OCH3 is 1. The second-order valence-corrected chi connectivity index (χ2v) is 4.20. The van der Waals surface area contributed by atoms with Crippen molar-refractivity contribution in [1.82, 2.24) is 0 Å². The Labute approximate surface area is 96.8 Å². The number of carbonyl (C=O) groups excluding carboxylic acids is 1. The molecule has 1 unspecified atom stereocenters. The molecule has 0 aliphatic carbocycles. The smallest absolute Gasteiger partial charge is 0.307 e. The van der Waals surface area contributed by atoms with E-state index in [0.717, 1.165) is 5.69 Å². The molecule has 0 aliphatic rings. The molecule has 0 aromatic heterocycles. The third-order valence-corrected chi connectivity index (χ3v) is 2.34. The van der Waals surface area contributed by atoms with Crippen LogP contribution >= 0.6 is 0 Å². The fraction of sp³-hybridized carbons (Fsp3) is 0.462. The zero-order chi connectivity index (χ0) is 12.1. The van der Waals surface area contributed by atoms with Gasteiger partial charge in [0.25, 0.3) is 0 Å². The molecule has 0 radical (unpaired) electrons. The third-order valence-electron chi connectivity index (χ3n) is 2.34. The van der Waals surface area contributed by atoms with Gasteiger partial charge in [0.05, 0.1) is 13.5 Å². The average Bonchev–Trinajstić information content (AvgIpc) is 2.15. The highest BCUT2D eigenvalue weighted by Crippen LogP contribution is 2.15. The van der Waals surface area contributed by atoms with Crippen LogP contribution in [0.2, 0.25) is 0 Å². The van der Waals surface area contributed by atoms with Gasteiger partial charge < -0.3 is 10.1 Å². The maximum atomic E-state index is 11.1. The molecule has 0 aliphatic heterocycles. The lowest BCUT2D eigenvalue weighted by atomic mass is 10.1. The Balaban J connectivity index is 2.62. The van der Waals surface area contributed by atoms with Crippen LogP contribution in [-0.2, 0) is 9.53 Å². The van der Waals surface area contributed by atoms with Crippen molar-refractivity contribution < 1.29 is 9.53 Å². The van der Waals surface area contributed by atoms with Crippen molar-refractivity contribution in [3.05, 3.63) is 29.3 Å². The first-order valence-corrected chi connectivity index (χ1v) is 5.43. The molecule has 1 aromatic carbocycles. The van der Waals surface area contributed by atoms with E-state index in [0.29, 0.717) is 6.42 Å². The molecular weight excluding hydrogens is 202 g/mol. The minimum atomic E-state index is -0.190. The average molecular weight is 221 g/mol. The van der Waals surface area contributed by atoms with Crippen LogP contribution in [0.3, 0.4) is 0 Å². The van der Waals surface area contributed by atoms with Gasteiger partial charge in [-0.3, -0.25) is 4.79 Å². The van der Waals surface area contributed by atoms with E-state index in [1.807, 2.05) is 6.92 Å². The molecule has 0 saturated heterocycles. The molecule has 0 spiro atoms. The second-order valence-electron chi connectivity index (χ2n) is 4.20. The summed E-state index contributed by atoms with van der Waals surface area (Å²) in [6, 6.07) is 6.34. The summed E-state index contributed by atoms with van der Waals surface area (Å²) in [7, 11) is 1.41. The van der Waals surface area contributed by atoms with Gasteiger partial charge in [-0.1, -0.05) is 6.07 Å². The van der Waals surface area contributed by atoms with Crippen LogP contribution in [0.25, 0.3) is 0 Å². The van der Waals surface area contributed by atoms with Crippen LogP contribution < -0.4 is 5.32 Å². The molecule has 3 nitrogen and oxygen atoms in total. The van der Waals surface area contributed by atoms with Crippen molar-refractivity contribution in [2.45, 2.75) is 33.2 Å². The number of hydrogen-bond acceptors (Lipinski definition) is 3. The molecule has 88 valence electrons. The summed E-state index contributed by atoms with van der Waals surface area (Å²) in [6.07, 6.45) is 0.378. The highest BCUT2D eigenvalue weighted by Gasteiger charge is 2.08. The number of carbonyl (C=O) groups is 1. The zero-order valence-electron chi connectivity index (χ0n) is 10.3. The van der Waals surface area contributed by atoms with E-state index in [1.165, 1.54) is 18.2 Å². The molecule has 0 saturated carbocycles. The molecule has 1 atom stereocenters. The largest absolute Gasteiger partial charge is 0.469 e. The Bertz CT molecular complexity index is 354. The minimum Gasteiger partial charge on any atom is -0.469 e. The first-order valence-electron chi connectivity index (χ1n) is 5.43. The van der Waals surface area contributed by atoms with Gasteiger partial charge in [0.15, 0.2) is 0 Å². The number of esters is 1. The standard InChI is InChI=1S/C13H19NO2/c1-9-5-10(2)7-12(6-9)14-11(3)8-13(15)16-4/h5-7,11,14H,8H2,1-4H3. The molecule has 0 amide bonds. The number of hydrogen-bond donors (Lipinski definition) is 1. The van der Waals surface area contributed by atoms with E-state index in [1.54, 1.807) is 0 Å². The van der Waals surface area contributed by atoms with Crippen LogP contribution in [0.4, 0.5) is 5.69 Å². The lowest BCUT2D eigenvalue weighted by Gasteiger charge is -2.15. The molecule has 3 heteroatoms. The van der Waals surface area contributed by atoms with Crippen molar-refractivity contribution in [2.24, 2.45) is 0 Å². The number of anilines is 1. The van der Waals surface area contributed by atoms with Gasteiger partial charge >= 0.3 is 5.97 Å². The maximum absolute atomic E-state index is 11.1. The van der Waals surface area contributed by atoms with Crippen LogP contribution in [0.5, 0.6) is 0 Å². The van der Waals surface area contributed by atoms with Crippen LogP contribution in [0.1, 0.15) is 24.5 Å². The lowest BCUT2D eigenvalue weighted by molar-refractivity contribution is -0.140. The maximum Gasteiger partial charge on any atom is 0.307 e. The molecular formula is C13H19NO2. The quantitative estimate of drug-likeness (QED) is 0.794. The molecule has 0 fully saturated rings. The number of aryl methyl sites for hydroxylation is 2. The Morgan fingerprint density at radius 3 is 2.38 bits per heavy atom. The molecule has 0 bridgehead atoms. The van der Waals surface area contributed by atoms with Crippen LogP contribution in [-0.4, -0.2) is 19.1 Å². The Hall–Kier alpha value is -1.51. The molecule has 1 aromatic rings. The Morgan fingerprint density at radius 1 is 1.31 bits per heavy atom. The van der Waals surface area contributed by atoms with Crippen molar-refractivity contribution in [3.8, 4) is 0 Å². The summed E-state index contributed by atoms with van der Waals surface area (Å²) in [6.45, 7) is 6.08. The van der Waals surface area contributed by atoms with Gasteiger partial charge in [0.1, 0.15) is 0 Å². The SMILES string of the molecule is COC(=O)CC(C)Nc1cc(C)cc(C)c1. The van der Waals surface area contributed by atoms with Crippen LogP contribution in [0.15, 0.2) is 18.2 Å². The number of benzene rings is 1. The van der Waals surface area contributed by atoms with Gasteiger partial charge in [-0.25, -0.2) is 0 Å². The third kappa shape index (κ3) is 3.93. The summed E-state index contributed by atoms with van der Waals surface area (Å²) in [4.78, 5) is 11.1. The number of ether oxygens (including phenoxy) is 1. The number of rotatable bonds is 4. The van der Waals surface area contributed by atoms with Gasteiger partial charge in [0.2, 0.25) is 0 Å². The Kier molecular flexibility index (Phi) is 4.35. The van der Waals surface area contributed by atoms with Crippen molar-refractivity contribution in [1.29, 1.82) is 0 Å². The van der Waals surface area contributed by atoms with Gasteiger partial charge in [0, 0.05) is 11.7 Å². The summed E-state index contributed by atoms with van der Waals surface area (Å²) >= 11 is 0. The first kappa shape index (κ1) is 12.6. The highest BCUT2D eigenvalue weighted by atomic mass is 16.5. The second kappa shape index (κ2) is 5.54. The van der Waals surface area contributed by atoms with E-state index in [4.69, 9.17) is 0 Å². The first-order chi connectivity index (χ1) is 7.51. The fourth-order valence-electron chi connectivity index (χ4n) is 1.73. The lowest BCUT2D eigenvalue weighted by Crippen LogP contribution is -2.20. The molecule has 0 heterocycles. The summed E-state index contributed by atoms with van der Waals surface area (Å²) < 4.78 is 4.63. The molecule has 16 heavy (non-hydrogen) atoms. The van der Waals surface area contributed by atoms with Crippen molar-refractivity contribution in [2.75, 3.05) is 12.4 Å². The summed E-state index contributed by atoms with van der Waals surface area (Å²) in [5.74, 6) is -0.190. The predicted octanol–water partition coefficient (Wildman–Crippen LogP) is 2.67. The summed E-state index contributed by atoms with van der Waals surface area (Å²) in [5.41, 5.74) is 3.48. The van der Waals surface area contributed by atoms with Crippen molar-refractivity contribution in [3.63, 3.8) is 0 Å². The van der Waals surface area contributed by atoms with E-state index >= 15 is 0 Å². The summed E-state index contributed by atoms with van der Waals surface area (Å²) in [5, 5.41) is 3.29. The number of nitrogens with one attached hydrogen (secondary N) is 1. The van der Waals surface area contributed by atoms with Gasteiger partial charge in [-0.15, -0.1) is 0 Å². The minimum absolute atomic E-state index is 0.0775. The van der Waals surface area contributed by atoms with E-state index < -0.39 is 0 Å². The van der Waals surface area contributed by atoms with Crippen LogP contribution in [0, 0.1) is 13.8 Å². The molecule has 1 N–H and O–H groups in total. The Morgan fingerprint density at radius 2 is 1.88 bits per heavy atom. The molecule has 1 rings (SSSR count). The van der Waals surface area contributed by atoms with E-state index in [9.17, 15) is 4.79 Å². The van der Waals surface area contributed by atoms with Gasteiger partial charge in [-0.05, 0) is 44.0 Å². The zero-order valence-corrected chi connectivity index (χ0v) is 10.3. The monoisotopic (exact) mass is 221 g/mol. The fourth-order valence-corrected chi connectivity index (χ4v) is 1.73. The highest BCUT2D eigenvalue weighted by molar-refractivity contribution is 5.70.